The Morgan fingerprint density at radius 1 is 0.318 bits per heavy atom. The molecule has 0 saturated heterocycles. The summed E-state index contributed by atoms with van der Waals surface area (Å²) in [5.41, 5.74) is 5.65. The molecule has 0 saturated carbocycles. The minimum atomic E-state index is 0.620. The zero-order chi connectivity index (χ0) is 31.1. The molecule has 7 rings (SSSR count). The highest BCUT2D eigenvalue weighted by Crippen LogP contribution is 2.29. The number of hydrogen-bond acceptors (Lipinski definition) is 5. The van der Waals surface area contributed by atoms with E-state index in [1.807, 2.05) is 96.1 Å². The van der Waals surface area contributed by atoms with Gasteiger partial charge in [-0.15, -0.1) is 0 Å². The van der Waals surface area contributed by atoms with Crippen LogP contribution in [0.15, 0.2) is 115 Å². The maximum absolute atomic E-state index is 4.96. The van der Waals surface area contributed by atoms with E-state index in [0.29, 0.717) is 23.3 Å². The minimum absolute atomic E-state index is 0.620. The molecule has 5 nitrogen and oxygen atoms in total. The van der Waals surface area contributed by atoms with E-state index in [9.17, 15) is 0 Å². The van der Waals surface area contributed by atoms with Crippen LogP contribution in [0.3, 0.4) is 0 Å². The summed E-state index contributed by atoms with van der Waals surface area (Å²) in [6.45, 7) is 12.0. The minimum Gasteiger partial charge on any atom is -0.233 e. The Kier molecular flexibility index (Phi) is 9.46. The first kappa shape index (κ1) is 30.2. The molecular formula is C39H37N5. The number of hydrogen-bond donors (Lipinski definition) is 0. The molecule has 0 aliphatic rings. The largest absolute Gasteiger partial charge is 0.233 e. The van der Waals surface area contributed by atoms with Gasteiger partial charge in [0.1, 0.15) is 0 Å². The van der Waals surface area contributed by atoms with Gasteiger partial charge in [0.05, 0.1) is 0 Å². The van der Waals surface area contributed by atoms with Crippen LogP contribution in [0.1, 0.15) is 39.1 Å². The van der Waals surface area contributed by atoms with Crippen molar-refractivity contribution in [2.45, 2.75) is 41.5 Å². The van der Waals surface area contributed by atoms with Gasteiger partial charge in [-0.25, -0.2) is 24.9 Å². The van der Waals surface area contributed by atoms with Crippen LogP contribution in [0.4, 0.5) is 0 Å². The monoisotopic (exact) mass is 575 g/mol. The van der Waals surface area contributed by atoms with E-state index >= 15 is 0 Å². The van der Waals surface area contributed by atoms with Crippen LogP contribution >= 0.6 is 0 Å². The predicted octanol–water partition coefficient (Wildman–Crippen LogP) is 10.3. The second kappa shape index (κ2) is 13.8. The zero-order valence-electron chi connectivity index (χ0n) is 26.2. The quantitative estimate of drug-likeness (QED) is 0.209. The van der Waals surface area contributed by atoms with Crippen molar-refractivity contribution in [3.05, 3.63) is 127 Å². The Morgan fingerprint density at radius 2 is 0.636 bits per heavy atom. The van der Waals surface area contributed by atoms with Crippen molar-refractivity contribution in [2.24, 2.45) is 0 Å². The highest BCUT2D eigenvalue weighted by Gasteiger charge is 2.14. The van der Waals surface area contributed by atoms with Crippen LogP contribution < -0.4 is 0 Å². The summed E-state index contributed by atoms with van der Waals surface area (Å²) in [5, 5.41) is 4.65. The fourth-order valence-electron chi connectivity index (χ4n) is 5.04. The molecule has 0 aliphatic heterocycles. The number of rotatable bonds is 4. The Hall–Kier alpha value is -5.29. The Balaban J connectivity index is 0.000000924. The van der Waals surface area contributed by atoms with E-state index in [1.165, 1.54) is 10.8 Å². The third kappa shape index (κ3) is 6.52. The molecule has 5 aromatic carbocycles. The lowest BCUT2D eigenvalue weighted by Gasteiger charge is -2.10. The lowest BCUT2D eigenvalue weighted by molar-refractivity contribution is 1.06. The van der Waals surface area contributed by atoms with Crippen LogP contribution in [0.2, 0.25) is 0 Å². The highest BCUT2D eigenvalue weighted by atomic mass is 15.0. The van der Waals surface area contributed by atoms with Crippen LogP contribution in [0, 0.1) is 13.8 Å². The summed E-state index contributed by atoms with van der Waals surface area (Å²) >= 11 is 0. The molecule has 0 spiro atoms. The summed E-state index contributed by atoms with van der Waals surface area (Å²) in [5.74, 6) is 2.61. The standard InChI is InChI=1S/C35H25N5.2C2H6/c1-22-19-23(2)37-32(36-22)26-13-15-27(16-14-26)33-38-34(30-17-11-24-7-3-5-9-28(24)20-30)40-35(39-33)31-18-12-25-8-4-6-10-29(25)21-31;2*1-2/h3-21H,1-2H3;2*1-2H3. The molecule has 44 heavy (non-hydrogen) atoms. The molecule has 0 bridgehead atoms. The van der Waals surface area contributed by atoms with Crippen molar-refractivity contribution in [3.8, 4) is 45.6 Å². The molecule has 0 unspecified atom stereocenters. The third-order valence-corrected chi connectivity index (χ3v) is 7.03. The van der Waals surface area contributed by atoms with Gasteiger partial charge in [-0.3, -0.25) is 0 Å². The van der Waals surface area contributed by atoms with Crippen molar-refractivity contribution in [3.63, 3.8) is 0 Å². The van der Waals surface area contributed by atoms with Gasteiger partial charge in [0.2, 0.25) is 0 Å². The average molecular weight is 576 g/mol. The summed E-state index contributed by atoms with van der Waals surface area (Å²) in [7, 11) is 0. The zero-order valence-corrected chi connectivity index (χ0v) is 26.2. The molecule has 5 heteroatoms. The number of aromatic nitrogens is 5. The van der Waals surface area contributed by atoms with E-state index in [4.69, 9.17) is 15.0 Å². The van der Waals surface area contributed by atoms with Gasteiger partial charge in [-0.1, -0.05) is 125 Å². The highest BCUT2D eigenvalue weighted by molar-refractivity contribution is 5.88. The molecule has 0 fully saturated rings. The maximum atomic E-state index is 4.96. The molecule has 0 aliphatic carbocycles. The van der Waals surface area contributed by atoms with Crippen molar-refractivity contribution in [1.82, 2.24) is 24.9 Å². The molecule has 2 aromatic heterocycles. The summed E-state index contributed by atoms with van der Waals surface area (Å²) < 4.78 is 0. The van der Waals surface area contributed by atoms with E-state index in [2.05, 4.69) is 70.6 Å². The van der Waals surface area contributed by atoms with Gasteiger partial charge >= 0.3 is 0 Å². The number of fused-ring (bicyclic) bond motifs is 2. The molecule has 0 radical (unpaired) electrons. The van der Waals surface area contributed by atoms with Gasteiger partial charge < -0.3 is 0 Å². The van der Waals surface area contributed by atoms with Crippen LogP contribution in [-0.2, 0) is 0 Å². The first-order valence-electron chi connectivity index (χ1n) is 15.3. The Bertz CT molecular complexity index is 1910. The molecular weight excluding hydrogens is 538 g/mol. The average Bonchev–Trinajstić information content (AvgIpc) is 3.09. The van der Waals surface area contributed by atoms with E-state index < -0.39 is 0 Å². The fourth-order valence-corrected chi connectivity index (χ4v) is 5.04. The SMILES string of the molecule is CC.CC.Cc1cc(C)nc(-c2ccc(-c3nc(-c4ccc5ccccc5c4)nc(-c4ccc5ccccc5c4)n3)cc2)n1. The van der Waals surface area contributed by atoms with Gasteiger partial charge in [-0.2, -0.15) is 0 Å². The second-order valence-corrected chi connectivity index (χ2v) is 9.98. The Labute approximate surface area is 259 Å². The van der Waals surface area contributed by atoms with Crippen molar-refractivity contribution in [1.29, 1.82) is 0 Å². The smallest absolute Gasteiger partial charge is 0.164 e. The van der Waals surface area contributed by atoms with Crippen LogP contribution in [0.5, 0.6) is 0 Å². The Morgan fingerprint density at radius 3 is 1.05 bits per heavy atom. The van der Waals surface area contributed by atoms with Crippen molar-refractivity contribution in [2.75, 3.05) is 0 Å². The van der Waals surface area contributed by atoms with E-state index in [1.54, 1.807) is 0 Å². The fraction of sp³-hybridized carbons (Fsp3) is 0.154. The first-order valence-corrected chi connectivity index (χ1v) is 15.3. The summed E-state index contributed by atoms with van der Waals surface area (Å²) in [4.78, 5) is 24.1. The normalized spacial score (nSPS) is 10.5. The van der Waals surface area contributed by atoms with Crippen LogP contribution in [-0.4, -0.2) is 24.9 Å². The van der Waals surface area contributed by atoms with Crippen LogP contribution in [0.25, 0.3) is 67.1 Å². The van der Waals surface area contributed by atoms with Gasteiger partial charge in [0.25, 0.3) is 0 Å². The van der Waals surface area contributed by atoms with Gasteiger partial charge in [0.15, 0.2) is 23.3 Å². The predicted molar refractivity (Wildman–Crippen MR) is 184 cm³/mol. The van der Waals surface area contributed by atoms with E-state index in [-0.39, 0.29) is 0 Å². The third-order valence-electron chi connectivity index (χ3n) is 7.03. The molecule has 0 amide bonds. The maximum Gasteiger partial charge on any atom is 0.164 e. The first-order chi connectivity index (χ1) is 21.6. The van der Waals surface area contributed by atoms with E-state index in [0.717, 1.165) is 44.4 Å². The number of aryl methyl sites for hydroxylation is 2. The molecule has 218 valence electrons. The molecule has 2 heterocycles. The van der Waals surface area contributed by atoms with Crippen molar-refractivity contribution < 1.29 is 0 Å². The summed E-state index contributed by atoms with van der Waals surface area (Å²) in [6.07, 6.45) is 0. The van der Waals surface area contributed by atoms with Gasteiger partial charge in [0, 0.05) is 33.6 Å². The van der Waals surface area contributed by atoms with Gasteiger partial charge in [-0.05, 0) is 53.6 Å². The number of benzene rings is 5. The van der Waals surface area contributed by atoms with Crippen molar-refractivity contribution >= 4 is 21.5 Å². The number of nitrogens with zero attached hydrogens (tertiary/aromatic N) is 5. The second-order valence-electron chi connectivity index (χ2n) is 9.98. The topological polar surface area (TPSA) is 64.5 Å². The molecule has 7 aromatic rings. The lowest BCUT2D eigenvalue weighted by atomic mass is 10.1. The summed E-state index contributed by atoms with van der Waals surface area (Å²) in [6, 6.07) is 39.4. The molecule has 0 atom stereocenters. The molecule has 0 N–H and O–H groups in total. The lowest BCUT2D eigenvalue weighted by Crippen LogP contribution is -2.00.